The quantitative estimate of drug-likeness (QED) is 0.0297. The lowest BCUT2D eigenvalue weighted by atomic mass is 9.89. The summed E-state index contributed by atoms with van der Waals surface area (Å²) in [5.74, 6) is 9.71. The van der Waals surface area contributed by atoms with Crippen molar-refractivity contribution in [1.82, 2.24) is 9.97 Å². The number of hydrogen-bond acceptors (Lipinski definition) is 13. The Balaban J connectivity index is 1.30. The van der Waals surface area contributed by atoms with Gasteiger partial charge in [0, 0.05) is 44.5 Å². The number of aromatic nitrogens is 2. The molecule has 0 fully saturated rings. The number of benzene rings is 4. The van der Waals surface area contributed by atoms with Crippen LogP contribution in [0.5, 0.6) is 0 Å². The van der Waals surface area contributed by atoms with Crippen LogP contribution in [0.3, 0.4) is 0 Å². The van der Waals surface area contributed by atoms with Crippen molar-refractivity contribution in [3.05, 3.63) is 196 Å². The van der Waals surface area contributed by atoms with Crippen LogP contribution in [-0.4, -0.2) is 62.2 Å². The van der Waals surface area contributed by atoms with Gasteiger partial charge in [-0.3, -0.25) is 9.55 Å². The molecule has 2 aromatic heterocycles. The Morgan fingerprint density at radius 1 is 0.657 bits per heavy atom. The van der Waals surface area contributed by atoms with Gasteiger partial charge in [-0.15, -0.1) is 0 Å². The second kappa shape index (κ2) is 19.6. The summed E-state index contributed by atoms with van der Waals surface area (Å²) in [5.41, 5.74) is 8.40. The number of H-pyrrole nitrogens is 2. The van der Waals surface area contributed by atoms with E-state index in [0.29, 0.717) is 67.0 Å². The third-order valence-corrected chi connectivity index (χ3v) is 15.5. The maximum Gasteiger partial charge on any atom is 0.312 e. The average molecular weight is 1020 g/mol. The van der Waals surface area contributed by atoms with Gasteiger partial charge in [0.25, 0.3) is 10.1 Å². The number of thiocarbonyl (C=S) groups is 1. The second-order valence-corrected chi connectivity index (χ2v) is 21.6. The van der Waals surface area contributed by atoms with E-state index in [1.165, 1.54) is 36.4 Å². The Hall–Kier alpha value is -6.72. The van der Waals surface area contributed by atoms with Crippen LogP contribution in [0.15, 0.2) is 176 Å². The molecule has 5 heterocycles. The van der Waals surface area contributed by atoms with E-state index < -0.39 is 42.3 Å². The summed E-state index contributed by atoms with van der Waals surface area (Å²) >= 11 is 5.66. The third-order valence-electron chi connectivity index (χ3n) is 12.1. The van der Waals surface area contributed by atoms with Crippen molar-refractivity contribution in [2.24, 2.45) is 21.8 Å². The van der Waals surface area contributed by atoms with E-state index in [1.54, 1.807) is 36.4 Å². The predicted molar refractivity (Wildman–Crippen MR) is 272 cm³/mol. The summed E-state index contributed by atoms with van der Waals surface area (Å²) in [7, 11) is -12.9. The Morgan fingerprint density at radius 3 is 1.80 bits per heavy atom. The number of allylic oxidation sites excluding steroid dienone is 3. The van der Waals surface area contributed by atoms with Crippen LogP contribution in [0.2, 0.25) is 0 Å². The molecule has 358 valence electrons. The highest BCUT2D eigenvalue weighted by Gasteiger charge is 2.31. The van der Waals surface area contributed by atoms with Gasteiger partial charge in [-0.2, -0.15) is 45.6 Å². The summed E-state index contributed by atoms with van der Waals surface area (Å²) in [6.45, 7) is 2.15. The molecular formula is C50H45N7O9S4. The van der Waals surface area contributed by atoms with Crippen LogP contribution in [-0.2, 0) is 38.9 Å². The van der Waals surface area contributed by atoms with Crippen molar-refractivity contribution < 1.29 is 38.4 Å². The van der Waals surface area contributed by atoms with E-state index in [0.717, 1.165) is 47.5 Å². The van der Waals surface area contributed by atoms with Gasteiger partial charge >= 0.3 is 20.2 Å². The SMILES string of the molecule is CCCCCC(=S)Nc1ccc(/C2=c3\cc/c([nH]3)=C(\c3ccc(S(=O)(=O)ON)cc3)C3=N/C(=C(/c4ccc(S(=O)(=O)O)cc4)c4ccc([nH]4)C(c4ccc(S(=O)(=O)ON)cc4)C4C=CC2=N4)C=C3)cc1. The first kappa shape index (κ1) is 48.3. The minimum Gasteiger partial charge on any atom is -0.358 e. The van der Waals surface area contributed by atoms with Crippen molar-refractivity contribution in [3.8, 4) is 0 Å². The lowest BCUT2D eigenvalue weighted by Gasteiger charge is -2.21. The highest BCUT2D eigenvalue weighted by Crippen LogP contribution is 2.38. The zero-order valence-corrected chi connectivity index (χ0v) is 40.5. The van der Waals surface area contributed by atoms with Gasteiger partial charge < -0.3 is 15.3 Å². The molecule has 3 aliphatic rings. The lowest BCUT2D eigenvalue weighted by Crippen LogP contribution is -2.21. The van der Waals surface area contributed by atoms with Gasteiger partial charge in [0.1, 0.15) is 0 Å². The smallest absolute Gasteiger partial charge is 0.312 e. The summed E-state index contributed by atoms with van der Waals surface area (Å²) in [4.78, 5) is 18.0. The average Bonchev–Trinajstić information content (AvgIpc) is 4.21. The van der Waals surface area contributed by atoms with Crippen LogP contribution in [0, 0.1) is 0 Å². The topological polar surface area (TPSA) is 261 Å². The minimum absolute atomic E-state index is 0.133. The maximum absolute atomic E-state index is 12.6. The Morgan fingerprint density at radius 2 is 1.21 bits per heavy atom. The summed E-state index contributed by atoms with van der Waals surface area (Å²) in [6.07, 6.45) is 11.5. The molecule has 20 heteroatoms. The molecule has 0 spiro atoms. The van der Waals surface area contributed by atoms with E-state index in [2.05, 4.69) is 30.8 Å². The highest BCUT2D eigenvalue weighted by molar-refractivity contribution is 7.87. The molecule has 0 saturated heterocycles. The fraction of sp³-hybridized carbons (Fsp3) is 0.140. The number of nitrogens with two attached hydrogens (primary N) is 2. The first-order valence-corrected chi connectivity index (χ1v) is 26.6. The minimum atomic E-state index is -4.52. The third kappa shape index (κ3) is 9.86. The van der Waals surface area contributed by atoms with E-state index >= 15 is 0 Å². The maximum atomic E-state index is 12.6. The molecule has 9 rings (SSSR count). The number of hydrogen-bond donors (Lipinski definition) is 6. The Bertz CT molecular complexity index is 3670. The van der Waals surface area contributed by atoms with Crippen LogP contribution >= 0.6 is 12.2 Å². The zero-order valence-electron chi connectivity index (χ0n) is 37.2. The number of aliphatic imine (C=N–C) groups is 2. The molecule has 70 heavy (non-hydrogen) atoms. The number of fused-ring (bicyclic) bond motifs is 6. The number of unbranched alkanes of at least 4 members (excludes halogenated alkanes) is 2. The Kier molecular flexibility index (Phi) is 13.5. The number of nitrogens with zero attached hydrogens (tertiary/aromatic N) is 2. The molecule has 4 aromatic carbocycles. The van der Waals surface area contributed by atoms with Crippen LogP contribution in [0.4, 0.5) is 5.69 Å². The van der Waals surface area contributed by atoms with Crippen molar-refractivity contribution in [3.63, 3.8) is 0 Å². The van der Waals surface area contributed by atoms with Gasteiger partial charge in [-0.25, -0.2) is 4.99 Å². The molecule has 6 aromatic rings. The Labute approximate surface area is 409 Å². The van der Waals surface area contributed by atoms with Crippen LogP contribution in [0.25, 0.3) is 16.7 Å². The lowest BCUT2D eigenvalue weighted by molar-refractivity contribution is 0.332. The van der Waals surface area contributed by atoms with E-state index in [4.69, 9.17) is 34.0 Å². The van der Waals surface area contributed by atoms with Crippen LogP contribution < -0.4 is 27.8 Å². The van der Waals surface area contributed by atoms with Gasteiger partial charge in [0.15, 0.2) is 0 Å². The van der Waals surface area contributed by atoms with Gasteiger partial charge in [0.05, 0.1) is 48.8 Å². The fourth-order valence-corrected chi connectivity index (χ4v) is 10.6. The molecule has 3 aliphatic heterocycles. The fourth-order valence-electron chi connectivity index (χ4n) is 8.74. The molecule has 16 nitrogen and oxygen atoms in total. The number of nitrogens with one attached hydrogen (secondary N) is 3. The summed E-state index contributed by atoms with van der Waals surface area (Å²) < 4.78 is 93.1. The molecular weight excluding hydrogens is 971 g/mol. The van der Waals surface area contributed by atoms with Gasteiger partial charge in [-0.05, 0) is 126 Å². The molecule has 0 saturated carbocycles. The largest absolute Gasteiger partial charge is 0.358 e. The van der Waals surface area contributed by atoms with Crippen molar-refractivity contribution in [2.45, 2.75) is 59.3 Å². The molecule has 2 unspecified atom stereocenters. The van der Waals surface area contributed by atoms with Crippen molar-refractivity contribution in [1.29, 1.82) is 0 Å². The molecule has 8 bridgehead atoms. The first-order chi connectivity index (χ1) is 33.6. The number of aromatic amines is 2. The predicted octanol–water partition coefficient (Wildman–Crippen LogP) is 6.46. The second-order valence-electron chi connectivity index (χ2n) is 16.6. The molecule has 0 aliphatic carbocycles. The van der Waals surface area contributed by atoms with Crippen molar-refractivity contribution in [2.75, 3.05) is 5.32 Å². The molecule has 2 atom stereocenters. The molecule has 0 radical (unpaired) electrons. The van der Waals surface area contributed by atoms with Crippen molar-refractivity contribution >= 4 is 81.4 Å². The normalized spacial score (nSPS) is 19.5. The zero-order chi connectivity index (χ0) is 49.4. The van der Waals surface area contributed by atoms with Crippen LogP contribution in [0.1, 0.15) is 72.2 Å². The standard InChI is InChI=1S/C50H45N7O9S4/c1-2-3-4-5-46(67)53-34-14-6-30(7-15-34)47-38-22-24-42(54-38)49(32-10-18-36(19-11-32)69(61,62)65-51)44-28-26-40(56-44)48(31-8-16-35(17-9-31)68(58,59)60)41-27-29-45(57-41)50(43-25-23-39(47)55-43)33-12-20-37(21-13-33)70(63,64)66-52/h6-29,42,49,55-56H,2-5,51-52H2,1H3,(H,53,67)(H,58,59,60)/b47-39-,48-41-,50-43-. The molecule has 8 N–H and O–H groups in total. The van der Waals surface area contributed by atoms with E-state index in [9.17, 15) is 29.8 Å². The van der Waals surface area contributed by atoms with Gasteiger partial charge in [-0.1, -0.05) is 86.6 Å². The number of anilines is 1. The van der Waals surface area contributed by atoms with E-state index in [-0.39, 0.29) is 14.7 Å². The van der Waals surface area contributed by atoms with Gasteiger partial charge in [0.2, 0.25) is 0 Å². The highest BCUT2D eigenvalue weighted by atomic mass is 32.2. The summed E-state index contributed by atoms with van der Waals surface area (Å²) in [6, 6.07) is 33.0. The first-order valence-electron chi connectivity index (χ1n) is 21.9. The molecule has 0 amide bonds. The van der Waals surface area contributed by atoms with E-state index in [1.807, 2.05) is 72.8 Å². The number of rotatable bonds is 14. The monoisotopic (exact) mass is 1020 g/mol. The summed E-state index contributed by atoms with van der Waals surface area (Å²) in [5, 5.41) is 4.69.